The molecular weight excluding hydrogens is 405 g/mol. The fourth-order valence-corrected chi connectivity index (χ4v) is 3.91. The summed E-state index contributed by atoms with van der Waals surface area (Å²) in [4.78, 5) is 37.6. The lowest BCUT2D eigenvalue weighted by atomic mass is 9.85. The number of pyridine rings is 1. The van der Waals surface area contributed by atoms with Crippen LogP contribution in [0.5, 0.6) is 5.75 Å². The number of amides is 1. The first-order chi connectivity index (χ1) is 14.3. The first kappa shape index (κ1) is 20.1. The van der Waals surface area contributed by atoms with Crippen LogP contribution in [0.2, 0.25) is 0 Å². The molecule has 158 valence electrons. The molecule has 2 aliphatic rings. The van der Waals surface area contributed by atoms with E-state index in [1.165, 1.54) is 4.57 Å². The zero-order chi connectivity index (χ0) is 21.6. The average Bonchev–Trinajstić information content (AvgIpc) is 2.69. The third-order valence-corrected chi connectivity index (χ3v) is 5.42. The van der Waals surface area contributed by atoms with Crippen molar-refractivity contribution >= 4 is 11.7 Å². The van der Waals surface area contributed by atoms with Crippen molar-refractivity contribution in [3.8, 4) is 5.75 Å². The zero-order valence-corrected chi connectivity index (χ0v) is 15.6. The smallest absolute Gasteiger partial charge is 0.257 e. The van der Waals surface area contributed by atoms with Gasteiger partial charge in [-0.05, 0) is 12.8 Å². The van der Waals surface area contributed by atoms with Crippen LogP contribution in [0.1, 0.15) is 39.3 Å². The lowest BCUT2D eigenvalue weighted by molar-refractivity contribution is -0.0337. The molecule has 1 amide bonds. The summed E-state index contributed by atoms with van der Waals surface area (Å²) in [7, 11) is 0. The largest absolute Gasteiger partial charge is 0.503 e. The van der Waals surface area contributed by atoms with E-state index < -0.39 is 70.0 Å². The van der Waals surface area contributed by atoms with E-state index in [2.05, 4.69) is 5.32 Å². The number of ketones is 1. The average molecular weight is 422 g/mol. The lowest BCUT2D eigenvalue weighted by Gasteiger charge is -2.36. The van der Waals surface area contributed by atoms with E-state index in [1.807, 2.05) is 0 Å². The van der Waals surface area contributed by atoms with Gasteiger partial charge in [-0.25, -0.2) is 13.2 Å². The predicted octanol–water partition coefficient (Wildman–Crippen LogP) is 1.89. The van der Waals surface area contributed by atoms with E-state index >= 15 is 0 Å². The molecule has 1 fully saturated rings. The van der Waals surface area contributed by atoms with Crippen LogP contribution < -0.4 is 10.7 Å². The van der Waals surface area contributed by atoms with Crippen LogP contribution in [0.15, 0.2) is 23.1 Å². The maximum atomic E-state index is 13.7. The molecule has 1 aromatic heterocycles. The monoisotopic (exact) mass is 422 g/mol. The first-order valence-electron chi connectivity index (χ1n) is 9.31. The number of hydrogen-bond donors (Lipinski definition) is 2. The standard InChI is InChI=1S/C20H17F3N2O5/c21-9-4-13(22)11(14(23)5-9)6-24-20(29)12-7-25-8-15-10(2-1-3-30-15)17(26)16(25)19(28)18(12)27/h4-5,7,10,15,28H,1-3,6,8H2,(H,24,29). The topological polar surface area (TPSA) is 97.6 Å². The minimum atomic E-state index is -1.19. The Balaban J connectivity index is 1.63. The molecule has 2 atom stereocenters. The number of Topliss-reactive ketones (excluding diaryl/α,β-unsaturated/α-hetero) is 1. The fraction of sp³-hybridized carbons (Fsp3) is 0.350. The quantitative estimate of drug-likeness (QED) is 0.788. The number of carbonyl (C=O) groups is 2. The number of rotatable bonds is 3. The van der Waals surface area contributed by atoms with Crippen LogP contribution in [0.25, 0.3) is 0 Å². The highest BCUT2D eigenvalue weighted by molar-refractivity contribution is 6.01. The molecule has 3 heterocycles. The lowest BCUT2D eigenvalue weighted by Crippen LogP contribution is -2.45. The molecule has 7 nitrogen and oxygen atoms in total. The number of nitrogens with zero attached hydrogens (tertiary/aromatic N) is 1. The fourth-order valence-electron chi connectivity index (χ4n) is 3.91. The molecule has 1 saturated heterocycles. The molecule has 10 heteroatoms. The number of aromatic hydroxyl groups is 1. The second-order valence-corrected chi connectivity index (χ2v) is 7.27. The summed E-state index contributed by atoms with van der Waals surface area (Å²) in [6, 6.07) is 0.937. The molecule has 1 aromatic carbocycles. The van der Waals surface area contributed by atoms with Gasteiger partial charge in [0.1, 0.15) is 28.7 Å². The van der Waals surface area contributed by atoms with Gasteiger partial charge in [-0.15, -0.1) is 0 Å². The Morgan fingerprint density at radius 1 is 1.23 bits per heavy atom. The highest BCUT2D eigenvalue weighted by Crippen LogP contribution is 2.32. The van der Waals surface area contributed by atoms with Crippen LogP contribution in [-0.4, -0.2) is 34.1 Å². The second-order valence-electron chi connectivity index (χ2n) is 7.27. The van der Waals surface area contributed by atoms with Crippen molar-refractivity contribution in [1.29, 1.82) is 0 Å². The Hall–Kier alpha value is -3.14. The summed E-state index contributed by atoms with van der Waals surface area (Å²) in [6.07, 6.45) is 1.96. The number of halogens is 3. The SMILES string of the molecule is O=C(NCc1c(F)cc(F)cc1F)c1cn2c(c(O)c1=O)C(=O)C1CCCOC1C2. The molecule has 0 spiro atoms. The third-order valence-electron chi connectivity index (χ3n) is 5.42. The maximum absolute atomic E-state index is 13.7. The van der Waals surface area contributed by atoms with Gasteiger partial charge in [0.2, 0.25) is 5.43 Å². The summed E-state index contributed by atoms with van der Waals surface area (Å²) < 4.78 is 47.4. The first-order valence-corrected chi connectivity index (χ1v) is 9.31. The van der Waals surface area contributed by atoms with E-state index in [1.54, 1.807) is 0 Å². The van der Waals surface area contributed by atoms with Gasteiger partial charge in [-0.3, -0.25) is 14.4 Å². The van der Waals surface area contributed by atoms with Crippen molar-refractivity contribution in [1.82, 2.24) is 9.88 Å². The van der Waals surface area contributed by atoms with E-state index in [4.69, 9.17) is 4.74 Å². The van der Waals surface area contributed by atoms with Crippen LogP contribution in [0.3, 0.4) is 0 Å². The normalized spacial score (nSPS) is 20.4. The van der Waals surface area contributed by atoms with E-state index in [0.717, 1.165) is 6.20 Å². The summed E-state index contributed by atoms with van der Waals surface area (Å²) in [5.41, 5.74) is -2.33. The Kier molecular flexibility index (Phi) is 5.10. The number of ether oxygens (including phenoxy) is 1. The van der Waals surface area contributed by atoms with Gasteiger partial charge in [0.05, 0.1) is 12.0 Å². The van der Waals surface area contributed by atoms with E-state index in [9.17, 15) is 32.7 Å². The summed E-state index contributed by atoms with van der Waals surface area (Å²) >= 11 is 0. The molecule has 0 aliphatic carbocycles. The van der Waals surface area contributed by atoms with E-state index in [0.29, 0.717) is 31.6 Å². The van der Waals surface area contributed by atoms with Crippen molar-refractivity contribution in [3.05, 3.63) is 62.8 Å². The summed E-state index contributed by atoms with van der Waals surface area (Å²) in [6.45, 7) is 0.00462. The molecule has 0 bridgehead atoms. The zero-order valence-electron chi connectivity index (χ0n) is 15.6. The minimum absolute atomic E-state index is 0.168. The van der Waals surface area contributed by atoms with Crippen LogP contribution >= 0.6 is 0 Å². The molecule has 2 aromatic rings. The number of hydrogen-bond acceptors (Lipinski definition) is 5. The molecule has 2 unspecified atom stereocenters. The molecule has 0 radical (unpaired) electrons. The molecule has 4 rings (SSSR count). The number of aromatic nitrogens is 1. The molecule has 2 N–H and O–H groups in total. The number of benzene rings is 1. The Labute approximate surface area is 168 Å². The molecule has 2 aliphatic heterocycles. The molecule has 0 saturated carbocycles. The van der Waals surface area contributed by atoms with Gasteiger partial charge in [-0.2, -0.15) is 0 Å². The van der Waals surface area contributed by atoms with Crippen molar-refractivity contribution in [2.75, 3.05) is 6.61 Å². The molecule has 30 heavy (non-hydrogen) atoms. The van der Waals surface area contributed by atoms with E-state index in [-0.39, 0.29) is 12.2 Å². The Morgan fingerprint density at radius 2 is 1.93 bits per heavy atom. The number of carbonyl (C=O) groups excluding carboxylic acids is 2. The highest BCUT2D eigenvalue weighted by atomic mass is 19.1. The van der Waals surface area contributed by atoms with Gasteiger partial charge < -0.3 is 19.7 Å². The summed E-state index contributed by atoms with van der Waals surface area (Å²) in [5, 5.41) is 12.5. The van der Waals surface area contributed by atoms with Gasteiger partial charge in [0.15, 0.2) is 11.5 Å². The van der Waals surface area contributed by atoms with Crippen molar-refractivity contribution in [3.63, 3.8) is 0 Å². The van der Waals surface area contributed by atoms with Gasteiger partial charge in [0.25, 0.3) is 5.91 Å². The van der Waals surface area contributed by atoms with Crippen molar-refractivity contribution in [2.45, 2.75) is 32.0 Å². The second kappa shape index (κ2) is 7.60. The van der Waals surface area contributed by atoms with Gasteiger partial charge >= 0.3 is 0 Å². The number of fused-ring (bicyclic) bond motifs is 2. The summed E-state index contributed by atoms with van der Waals surface area (Å²) in [5.74, 6) is -6.24. The minimum Gasteiger partial charge on any atom is -0.503 e. The Morgan fingerprint density at radius 3 is 2.63 bits per heavy atom. The van der Waals surface area contributed by atoms with Crippen molar-refractivity contribution < 1.29 is 32.6 Å². The predicted molar refractivity (Wildman–Crippen MR) is 96.6 cm³/mol. The van der Waals surface area contributed by atoms with Crippen LogP contribution in [0.4, 0.5) is 13.2 Å². The maximum Gasteiger partial charge on any atom is 0.257 e. The van der Waals surface area contributed by atoms with Gasteiger partial charge in [-0.1, -0.05) is 0 Å². The third kappa shape index (κ3) is 3.36. The van der Waals surface area contributed by atoms with Gasteiger partial charge in [0, 0.05) is 43.6 Å². The number of nitrogens with one attached hydrogen (secondary N) is 1. The molecular formula is C20H17F3N2O5. The van der Waals surface area contributed by atoms with Crippen LogP contribution in [-0.2, 0) is 17.8 Å². The Bertz CT molecular complexity index is 1090. The highest BCUT2D eigenvalue weighted by Gasteiger charge is 2.40. The van der Waals surface area contributed by atoms with Crippen molar-refractivity contribution in [2.24, 2.45) is 5.92 Å². The van der Waals surface area contributed by atoms with Crippen LogP contribution in [0, 0.1) is 23.4 Å².